The minimum absolute atomic E-state index is 0.264. The van der Waals surface area contributed by atoms with E-state index in [1.807, 2.05) is 12.3 Å². The summed E-state index contributed by atoms with van der Waals surface area (Å²) in [4.78, 5) is 11.7. The number of nitrogens with one attached hydrogen (secondary N) is 1. The van der Waals surface area contributed by atoms with Gasteiger partial charge in [-0.25, -0.2) is 0 Å². The lowest BCUT2D eigenvalue weighted by atomic mass is 10.0. The number of carbonyl (C=O) groups is 1. The highest BCUT2D eigenvalue weighted by atomic mass is 32.1. The zero-order valence-corrected chi connectivity index (χ0v) is 9.60. The lowest BCUT2D eigenvalue weighted by Crippen LogP contribution is -2.51. The van der Waals surface area contributed by atoms with Crippen LogP contribution in [-0.4, -0.2) is 34.9 Å². The maximum absolute atomic E-state index is 11.7. The van der Waals surface area contributed by atoms with Gasteiger partial charge < -0.3 is 15.5 Å². The van der Waals surface area contributed by atoms with E-state index in [1.54, 1.807) is 12.3 Å². The van der Waals surface area contributed by atoms with Crippen LogP contribution in [0.3, 0.4) is 0 Å². The van der Waals surface area contributed by atoms with E-state index < -0.39 is 5.54 Å². The van der Waals surface area contributed by atoms with Crippen molar-refractivity contribution in [3.05, 3.63) is 21.9 Å². The molecule has 84 valence electrons. The molecule has 1 aromatic rings. The number of hydrogen-bond acceptors (Lipinski definition) is 4. The van der Waals surface area contributed by atoms with Crippen molar-refractivity contribution in [3.63, 3.8) is 0 Å². The second kappa shape index (κ2) is 4.74. The van der Waals surface area contributed by atoms with Gasteiger partial charge >= 0.3 is 0 Å². The van der Waals surface area contributed by atoms with Crippen molar-refractivity contribution in [2.24, 2.45) is 0 Å². The predicted molar refractivity (Wildman–Crippen MR) is 59.1 cm³/mol. The van der Waals surface area contributed by atoms with Gasteiger partial charge in [-0.1, -0.05) is 0 Å². The Bertz CT molecular complexity index is 344. The number of thiophene rings is 1. The van der Waals surface area contributed by atoms with Crippen molar-refractivity contribution in [2.75, 3.05) is 13.2 Å². The molecule has 1 heterocycles. The van der Waals surface area contributed by atoms with E-state index in [-0.39, 0.29) is 19.1 Å². The fraction of sp³-hybridized carbons (Fsp3) is 0.500. The molecule has 0 aliphatic rings. The lowest BCUT2D eigenvalue weighted by Gasteiger charge is -2.26. The molecule has 0 saturated heterocycles. The van der Waals surface area contributed by atoms with Crippen LogP contribution in [0.2, 0.25) is 0 Å². The Labute approximate surface area is 92.6 Å². The molecule has 15 heavy (non-hydrogen) atoms. The van der Waals surface area contributed by atoms with Gasteiger partial charge in [0.2, 0.25) is 0 Å². The maximum Gasteiger partial charge on any atom is 0.252 e. The number of amides is 1. The zero-order chi connectivity index (χ0) is 11.5. The van der Waals surface area contributed by atoms with Crippen LogP contribution in [0, 0.1) is 6.92 Å². The van der Waals surface area contributed by atoms with Crippen molar-refractivity contribution in [3.8, 4) is 0 Å². The fourth-order valence-corrected chi connectivity index (χ4v) is 1.89. The number of aliphatic hydroxyl groups is 2. The molecule has 0 spiro atoms. The van der Waals surface area contributed by atoms with Crippen molar-refractivity contribution in [1.82, 2.24) is 5.32 Å². The highest BCUT2D eigenvalue weighted by Crippen LogP contribution is 2.14. The van der Waals surface area contributed by atoms with Crippen molar-refractivity contribution in [2.45, 2.75) is 19.4 Å². The van der Waals surface area contributed by atoms with E-state index in [2.05, 4.69) is 5.32 Å². The third-order valence-electron chi connectivity index (χ3n) is 2.21. The first-order valence-corrected chi connectivity index (χ1v) is 5.54. The Kier molecular flexibility index (Phi) is 3.84. The topological polar surface area (TPSA) is 69.6 Å². The number of aryl methyl sites for hydroxylation is 1. The Morgan fingerprint density at radius 1 is 1.47 bits per heavy atom. The molecule has 3 N–H and O–H groups in total. The third-order valence-corrected chi connectivity index (χ3v) is 3.07. The van der Waals surface area contributed by atoms with E-state index >= 15 is 0 Å². The monoisotopic (exact) mass is 229 g/mol. The maximum atomic E-state index is 11.7. The summed E-state index contributed by atoms with van der Waals surface area (Å²) in [5.74, 6) is -0.264. The van der Waals surface area contributed by atoms with Crippen molar-refractivity contribution >= 4 is 17.2 Å². The number of hydrogen-bond donors (Lipinski definition) is 3. The summed E-state index contributed by atoms with van der Waals surface area (Å²) in [6.07, 6.45) is 0. The van der Waals surface area contributed by atoms with Crippen LogP contribution in [0.5, 0.6) is 0 Å². The Balaban J connectivity index is 2.76. The van der Waals surface area contributed by atoms with Crippen LogP contribution in [0.15, 0.2) is 10.8 Å². The first-order chi connectivity index (χ1) is 7.02. The summed E-state index contributed by atoms with van der Waals surface area (Å²) in [5.41, 5.74) is 0.523. The van der Waals surface area contributed by atoms with E-state index in [0.29, 0.717) is 5.56 Å². The minimum atomic E-state index is -0.967. The Morgan fingerprint density at radius 3 is 2.47 bits per heavy atom. The summed E-state index contributed by atoms with van der Waals surface area (Å²) >= 11 is 1.45. The summed E-state index contributed by atoms with van der Waals surface area (Å²) in [5, 5.41) is 24.3. The van der Waals surface area contributed by atoms with Crippen molar-refractivity contribution in [1.29, 1.82) is 0 Å². The smallest absolute Gasteiger partial charge is 0.252 e. The summed E-state index contributed by atoms with van der Waals surface area (Å²) in [6, 6.07) is 0. The summed E-state index contributed by atoms with van der Waals surface area (Å²) < 4.78 is 0. The average molecular weight is 229 g/mol. The van der Waals surface area contributed by atoms with E-state index in [1.165, 1.54) is 11.3 Å². The molecule has 4 nitrogen and oxygen atoms in total. The first-order valence-electron chi connectivity index (χ1n) is 4.59. The molecular weight excluding hydrogens is 214 g/mol. The number of rotatable bonds is 4. The lowest BCUT2D eigenvalue weighted by molar-refractivity contribution is 0.0723. The summed E-state index contributed by atoms with van der Waals surface area (Å²) in [7, 11) is 0. The first kappa shape index (κ1) is 12.2. The van der Waals surface area contributed by atoms with Crippen LogP contribution >= 0.6 is 11.3 Å². The molecule has 0 aliphatic carbocycles. The molecule has 0 unspecified atom stereocenters. The average Bonchev–Trinajstić information content (AvgIpc) is 2.64. The second-order valence-corrected chi connectivity index (χ2v) is 4.54. The van der Waals surface area contributed by atoms with E-state index in [0.717, 1.165) is 5.56 Å². The van der Waals surface area contributed by atoms with Gasteiger partial charge in [-0.15, -0.1) is 0 Å². The molecule has 0 aromatic carbocycles. The van der Waals surface area contributed by atoms with Crippen LogP contribution in [-0.2, 0) is 0 Å². The summed E-state index contributed by atoms with van der Waals surface area (Å²) in [6.45, 7) is 2.85. The minimum Gasteiger partial charge on any atom is -0.394 e. The number of aliphatic hydroxyl groups excluding tert-OH is 2. The SMILES string of the molecule is Cc1cscc1C(=O)NC(C)(CO)CO. The van der Waals surface area contributed by atoms with Gasteiger partial charge in [-0.3, -0.25) is 4.79 Å². The van der Waals surface area contributed by atoms with Gasteiger partial charge in [0.05, 0.1) is 24.3 Å². The van der Waals surface area contributed by atoms with Crippen molar-refractivity contribution < 1.29 is 15.0 Å². The molecule has 1 rings (SSSR count). The Morgan fingerprint density at radius 2 is 2.07 bits per heavy atom. The van der Waals surface area contributed by atoms with Gasteiger partial charge in [-0.2, -0.15) is 11.3 Å². The quantitative estimate of drug-likeness (QED) is 0.705. The third kappa shape index (κ3) is 2.77. The fourth-order valence-electron chi connectivity index (χ4n) is 1.06. The molecule has 0 saturated carbocycles. The van der Waals surface area contributed by atoms with Gasteiger partial charge in [0, 0.05) is 5.38 Å². The Hall–Kier alpha value is -0.910. The molecule has 5 heteroatoms. The van der Waals surface area contributed by atoms with Gasteiger partial charge in [0.15, 0.2) is 0 Å². The molecule has 1 amide bonds. The van der Waals surface area contributed by atoms with Gasteiger partial charge in [-0.05, 0) is 24.8 Å². The largest absolute Gasteiger partial charge is 0.394 e. The molecular formula is C10H15NO3S. The van der Waals surface area contributed by atoms with Crippen LogP contribution in [0.1, 0.15) is 22.8 Å². The normalized spacial score (nSPS) is 11.5. The molecule has 0 aliphatic heterocycles. The second-order valence-electron chi connectivity index (χ2n) is 3.80. The molecule has 0 radical (unpaired) electrons. The zero-order valence-electron chi connectivity index (χ0n) is 8.78. The predicted octanol–water partition coefficient (Wildman–Crippen LogP) is 0.530. The standard InChI is InChI=1S/C10H15NO3S/c1-7-3-15-4-8(7)9(14)11-10(2,5-12)6-13/h3-4,12-13H,5-6H2,1-2H3,(H,11,14). The van der Waals surface area contributed by atoms with E-state index in [9.17, 15) is 4.79 Å². The van der Waals surface area contributed by atoms with Gasteiger partial charge in [0.25, 0.3) is 5.91 Å². The van der Waals surface area contributed by atoms with Crippen LogP contribution in [0.4, 0.5) is 0 Å². The highest BCUT2D eigenvalue weighted by Gasteiger charge is 2.25. The molecule has 0 bridgehead atoms. The number of carbonyl (C=O) groups excluding carboxylic acids is 1. The molecule has 0 atom stereocenters. The van der Waals surface area contributed by atoms with E-state index in [4.69, 9.17) is 10.2 Å². The highest BCUT2D eigenvalue weighted by molar-refractivity contribution is 7.08. The van der Waals surface area contributed by atoms with Gasteiger partial charge in [0.1, 0.15) is 0 Å². The molecule has 1 aromatic heterocycles. The van der Waals surface area contributed by atoms with Crippen LogP contribution in [0.25, 0.3) is 0 Å². The molecule has 0 fully saturated rings. The van der Waals surface area contributed by atoms with Crippen LogP contribution < -0.4 is 5.32 Å².